The second-order valence-corrected chi connectivity index (χ2v) is 7.56. The smallest absolute Gasteiger partial charge is 0.191 e. The van der Waals surface area contributed by atoms with Gasteiger partial charge in [0.2, 0.25) is 0 Å². The van der Waals surface area contributed by atoms with Gasteiger partial charge in [-0.05, 0) is 55.5 Å². The molecular formula is C24H34N4O2. The van der Waals surface area contributed by atoms with Crippen LogP contribution in [0.5, 0.6) is 5.75 Å². The third-order valence-electron chi connectivity index (χ3n) is 5.34. The van der Waals surface area contributed by atoms with Crippen molar-refractivity contribution in [2.45, 2.75) is 26.3 Å². The zero-order valence-corrected chi connectivity index (χ0v) is 17.9. The quantitative estimate of drug-likeness (QED) is 0.337. The van der Waals surface area contributed by atoms with Crippen LogP contribution in [-0.2, 0) is 6.54 Å². The summed E-state index contributed by atoms with van der Waals surface area (Å²) >= 11 is 0. The predicted octanol–water partition coefficient (Wildman–Crippen LogP) is 3.03. The van der Waals surface area contributed by atoms with Crippen molar-refractivity contribution < 1.29 is 9.84 Å². The average molecular weight is 411 g/mol. The van der Waals surface area contributed by atoms with Crippen molar-refractivity contribution >= 4 is 11.6 Å². The number of anilines is 1. The summed E-state index contributed by atoms with van der Waals surface area (Å²) in [6.07, 6.45) is 2.13. The molecule has 1 heterocycles. The molecule has 1 aliphatic rings. The first kappa shape index (κ1) is 22.0. The lowest BCUT2D eigenvalue weighted by Gasteiger charge is -2.32. The maximum atomic E-state index is 9.30. The van der Waals surface area contributed by atoms with Crippen LogP contribution in [0.4, 0.5) is 5.69 Å². The van der Waals surface area contributed by atoms with Gasteiger partial charge >= 0.3 is 0 Å². The first-order valence-electron chi connectivity index (χ1n) is 10.9. The molecule has 0 saturated carbocycles. The van der Waals surface area contributed by atoms with Crippen LogP contribution >= 0.6 is 0 Å². The zero-order valence-electron chi connectivity index (χ0n) is 17.9. The maximum Gasteiger partial charge on any atom is 0.191 e. The molecule has 6 heteroatoms. The molecule has 1 saturated heterocycles. The van der Waals surface area contributed by atoms with E-state index in [1.54, 1.807) is 0 Å². The molecule has 1 aliphatic heterocycles. The van der Waals surface area contributed by atoms with E-state index in [0.717, 1.165) is 44.2 Å². The molecule has 0 bridgehead atoms. The van der Waals surface area contributed by atoms with Gasteiger partial charge in [0, 0.05) is 31.9 Å². The lowest BCUT2D eigenvalue weighted by atomic mass is 9.97. The Morgan fingerprint density at radius 2 is 1.80 bits per heavy atom. The topological polar surface area (TPSA) is 69.1 Å². The van der Waals surface area contributed by atoms with Crippen LogP contribution in [0.25, 0.3) is 0 Å². The van der Waals surface area contributed by atoms with E-state index in [4.69, 9.17) is 4.74 Å². The highest BCUT2D eigenvalue weighted by Gasteiger charge is 2.18. The van der Waals surface area contributed by atoms with Gasteiger partial charge in [0.05, 0.1) is 13.1 Å². The van der Waals surface area contributed by atoms with Crippen molar-refractivity contribution in [3.05, 3.63) is 60.2 Å². The molecule has 2 aromatic rings. The highest BCUT2D eigenvalue weighted by Crippen LogP contribution is 2.23. The summed E-state index contributed by atoms with van der Waals surface area (Å²) in [4.78, 5) is 7.09. The number of piperidine rings is 1. The fraction of sp³-hybridized carbons (Fsp3) is 0.458. The van der Waals surface area contributed by atoms with Gasteiger partial charge in [0.15, 0.2) is 5.96 Å². The van der Waals surface area contributed by atoms with Crippen LogP contribution < -0.4 is 20.3 Å². The minimum atomic E-state index is 0.311. The number of nitrogens with zero attached hydrogens (tertiary/aromatic N) is 2. The maximum absolute atomic E-state index is 9.30. The van der Waals surface area contributed by atoms with Gasteiger partial charge in [0.1, 0.15) is 12.4 Å². The monoisotopic (exact) mass is 410 g/mol. The number of hydrogen-bond donors (Lipinski definition) is 3. The highest BCUT2D eigenvalue weighted by atomic mass is 16.5. The largest absolute Gasteiger partial charge is 0.492 e. The van der Waals surface area contributed by atoms with Gasteiger partial charge in [-0.25, -0.2) is 4.99 Å². The summed E-state index contributed by atoms with van der Waals surface area (Å²) in [5.74, 6) is 2.14. The van der Waals surface area contributed by atoms with E-state index in [0.29, 0.717) is 32.2 Å². The number of aliphatic hydroxyl groups excluding tert-OH is 1. The van der Waals surface area contributed by atoms with Crippen molar-refractivity contribution in [3.8, 4) is 5.75 Å². The Hall–Kier alpha value is -2.73. The minimum absolute atomic E-state index is 0.311. The second-order valence-electron chi connectivity index (χ2n) is 7.56. The van der Waals surface area contributed by atoms with Crippen LogP contribution in [0.3, 0.4) is 0 Å². The lowest BCUT2D eigenvalue weighted by Crippen LogP contribution is -2.39. The number of guanidine groups is 1. The van der Waals surface area contributed by atoms with Crippen LogP contribution in [0.15, 0.2) is 59.6 Å². The first-order chi connectivity index (χ1) is 14.8. The Labute approximate surface area is 180 Å². The van der Waals surface area contributed by atoms with Gasteiger partial charge in [0.25, 0.3) is 0 Å². The van der Waals surface area contributed by atoms with E-state index in [9.17, 15) is 5.11 Å². The number of benzene rings is 2. The molecular weight excluding hydrogens is 376 g/mol. The average Bonchev–Trinajstić information content (AvgIpc) is 2.81. The lowest BCUT2D eigenvalue weighted by molar-refractivity contribution is 0.203. The Morgan fingerprint density at radius 1 is 1.07 bits per heavy atom. The molecule has 3 rings (SSSR count). The number of rotatable bonds is 9. The molecule has 0 amide bonds. The molecule has 30 heavy (non-hydrogen) atoms. The van der Waals surface area contributed by atoms with Gasteiger partial charge in [-0.2, -0.15) is 0 Å². The molecule has 0 spiro atoms. The van der Waals surface area contributed by atoms with Crippen molar-refractivity contribution in [1.29, 1.82) is 0 Å². The van der Waals surface area contributed by atoms with Crippen LogP contribution in [0, 0.1) is 5.92 Å². The number of hydrogen-bond acceptors (Lipinski definition) is 4. The number of nitrogens with one attached hydrogen (secondary N) is 2. The van der Waals surface area contributed by atoms with Crippen molar-refractivity contribution in [3.63, 3.8) is 0 Å². The fourth-order valence-electron chi connectivity index (χ4n) is 3.55. The van der Waals surface area contributed by atoms with Crippen molar-refractivity contribution in [2.24, 2.45) is 10.9 Å². The SMILES string of the molecule is CCNC(=NCc1ccc(N2CCC(CO)CC2)cc1)NCCOc1ccccc1. The second kappa shape index (κ2) is 12.1. The van der Waals surface area contributed by atoms with Crippen LogP contribution in [0.2, 0.25) is 0 Å². The Balaban J connectivity index is 1.45. The minimum Gasteiger partial charge on any atom is -0.492 e. The van der Waals surface area contributed by atoms with E-state index in [2.05, 4.69) is 51.7 Å². The first-order valence-corrected chi connectivity index (χ1v) is 10.9. The van der Waals surface area contributed by atoms with Crippen molar-refractivity contribution in [2.75, 3.05) is 44.3 Å². The summed E-state index contributed by atoms with van der Waals surface area (Å²) in [6, 6.07) is 18.5. The molecule has 1 fully saturated rings. The van der Waals surface area contributed by atoms with Gasteiger partial charge < -0.3 is 25.4 Å². The van der Waals surface area contributed by atoms with E-state index in [1.165, 1.54) is 11.3 Å². The molecule has 0 aromatic heterocycles. The summed E-state index contributed by atoms with van der Waals surface area (Å²) in [7, 11) is 0. The molecule has 0 radical (unpaired) electrons. The van der Waals surface area contributed by atoms with E-state index in [1.807, 2.05) is 30.3 Å². The standard InChI is InChI=1S/C24H34N4O2/c1-2-25-24(26-14-17-30-23-6-4-3-5-7-23)27-18-20-8-10-22(11-9-20)28-15-12-21(19-29)13-16-28/h3-11,21,29H,2,12-19H2,1H3,(H2,25,26,27). The number of aliphatic hydroxyl groups is 1. The highest BCUT2D eigenvalue weighted by molar-refractivity contribution is 5.79. The fourth-order valence-corrected chi connectivity index (χ4v) is 3.55. The predicted molar refractivity (Wildman–Crippen MR) is 123 cm³/mol. The van der Waals surface area contributed by atoms with Gasteiger partial charge in [-0.3, -0.25) is 0 Å². The van der Waals surface area contributed by atoms with Crippen LogP contribution in [-0.4, -0.2) is 50.5 Å². The number of ether oxygens (including phenoxy) is 1. The normalized spacial score (nSPS) is 15.1. The molecule has 0 atom stereocenters. The molecule has 0 unspecified atom stereocenters. The molecule has 3 N–H and O–H groups in total. The molecule has 162 valence electrons. The number of para-hydroxylation sites is 1. The van der Waals surface area contributed by atoms with E-state index >= 15 is 0 Å². The third kappa shape index (κ3) is 6.95. The molecule has 6 nitrogen and oxygen atoms in total. The van der Waals surface area contributed by atoms with E-state index in [-0.39, 0.29) is 0 Å². The zero-order chi connectivity index (χ0) is 21.0. The van der Waals surface area contributed by atoms with Gasteiger partial charge in [-0.15, -0.1) is 0 Å². The Kier molecular flexibility index (Phi) is 8.84. The molecule has 2 aromatic carbocycles. The molecule has 0 aliphatic carbocycles. The van der Waals surface area contributed by atoms with Gasteiger partial charge in [-0.1, -0.05) is 30.3 Å². The summed E-state index contributed by atoms with van der Waals surface area (Å²) in [6.45, 7) is 7.11. The Morgan fingerprint density at radius 3 is 2.47 bits per heavy atom. The number of aliphatic imine (C=N–C) groups is 1. The van der Waals surface area contributed by atoms with Crippen molar-refractivity contribution in [1.82, 2.24) is 10.6 Å². The Bertz CT molecular complexity index is 757. The van der Waals surface area contributed by atoms with E-state index < -0.39 is 0 Å². The third-order valence-corrected chi connectivity index (χ3v) is 5.34. The van der Waals surface area contributed by atoms with Crippen LogP contribution in [0.1, 0.15) is 25.3 Å². The summed E-state index contributed by atoms with van der Waals surface area (Å²) in [5, 5.41) is 15.9. The summed E-state index contributed by atoms with van der Waals surface area (Å²) < 4.78 is 5.72. The summed E-state index contributed by atoms with van der Waals surface area (Å²) in [5.41, 5.74) is 2.43.